The van der Waals surface area contributed by atoms with Gasteiger partial charge in [-0.25, -0.2) is 0 Å². The first kappa shape index (κ1) is 18.4. The van der Waals surface area contributed by atoms with Gasteiger partial charge in [-0.3, -0.25) is 9.59 Å². The van der Waals surface area contributed by atoms with E-state index >= 15 is 0 Å². The normalized spacial score (nSPS) is 16.4. The number of thioether (sulfide) groups is 1. The maximum absolute atomic E-state index is 13.0. The van der Waals surface area contributed by atoms with Gasteiger partial charge in [0, 0.05) is 17.0 Å². The van der Waals surface area contributed by atoms with Crippen molar-refractivity contribution in [2.45, 2.75) is 23.5 Å². The number of hydrogen-bond donors (Lipinski definition) is 1. The third-order valence-electron chi connectivity index (χ3n) is 4.58. The molecule has 2 aromatic carbocycles. The van der Waals surface area contributed by atoms with Crippen LogP contribution in [0.5, 0.6) is 0 Å². The summed E-state index contributed by atoms with van der Waals surface area (Å²) in [5.41, 5.74) is 2.59. The van der Waals surface area contributed by atoms with Crippen molar-refractivity contribution in [1.29, 1.82) is 0 Å². The number of rotatable bonds is 4. The summed E-state index contributed by atoms with van der Waals surface area (Å²) in [6.07, 6.45) is 1.88. The number of carbonyl (C=O) groups excluding carboxylic acids is 2. The van der Waals surface area contributed by atoms with Crippen molar-refractivity contribution in [2.24, 2.45) is 0 Å². The van der Waals surface area contributed by atoms with Crippen LogP contribution >= 0.6 is 11.8 Å². The van der Waals surface area contributed by atoms with Crippen molar-refractivity contribution in [3.8, 4) is 0 Å². The van der Waals surface area contributed by atoms with Crippen LogP contribution in [0.4, 0.5) is 11.4 Å². The lowest BCUT2D eigenvalue weighted by molar-refractivity contribution is -0.121. The van der Waals surface area contributed by atoms with Crippen molar-refractivity contribution in [2.75, 3.05) is 16.8 Å². The van der Waals surface area contributed by atoms with E-state index < -0.39 is 0 Å². The predicted molar refractivity (Wildman–Crippen MR) is 111 cm³/mol. The molecule has 0 saturated heterocycles. The average molecular weight is 392 g/mol. The van der Waals surface area contributed by atoms with Crippen LogP contribution in [0, 0.1) is 6.92 Å². The first-order valence-electron chi connectivity index (χ1n) is 9.06. The van der Waals surface area contributed by atoms with E-state index in [0.717, 1.165) is 21.9 Å². The number of fused-ring (bicyclic) bond motifs is 1. The molecule has 142 valence electrons. The fourth-order valence-electron chi connectivity index (χ4n) is 3.17. The van der Waals surface area contributed by atoms with Gasteiger partial charge in [0.15, 0.2) is 0 Å². The van der Waals surface area contributed by atoms with Crippen molar-refractivity contribution in [3.05, 3.63) is 78.3 Å². The van der Waals surface area contributed by atoms with E-state index in [2.05, 4.69) is 5.32 Å². The van der Waals surface area contributed by atoms with Crippen molar-refractivity contribution in [3.63, 3.8) is 0 Å². The Bertz CT molecular complexity index is 983. The van der Waals surface area contributed by atoms with Crippen LogP contribution in [-0.4, -0.2) is 18.4 Å². The lowest BCUT2D eigenvalue weighted by atomic mass is 10.2. The average Bonchev–Trinajstić information content (AvgIpc) is 3.18. The molecule has 28 heavy (non-hydrogen) atoms. The molecule has 0 spiro atoms. The number of aryl methyl sites for hydroxylation is 1. The van der Waals surface area contributed by atoms with E-state index in [1.807, 2.05) is 67.6 Å². The molecule has 3 aromatic rings. The second-order valence-electron chi connectivity index (χ2n) is 6.69. The maximum atomic E-state index is 13.0. The van der Waals surface area contributed by atoms with E-state index in [4.69, 9.17) is 4.42 Å². The Morgan fingerprint density at radius 2 is 1.93 bits per heavy atom. The first-order chi connectivity index (χ1) is 13.6. The zero-order valence-electron chi connectivity index (χ0n) is 15.4. The van der Waals surface area contributed by atoms with Crippen molar-refractivity contribution < 1.29 is 14.0 Å². The number of hydrogen-bond acceptors (Lipinski definition) is 4. The van der Waals surface area contributed by atoms with Crippen molar-refractivity contribution >= 4 is 35.0 Å². The fraction of sp³-hybridized carbons (Fsp3) is 0.182. The lowest BCUT2D eigenvalue weighted by Crippen LogP contribution is -2.38. The Balaban J connectivity index is 1.56. The highest BCUT2D eigenvalue weighted by molar-refractivity contribution is 7.99. The molecule has 2 amide bonds. The Hall–Kier alpha value is -2.99. The summed E-state index contributed by atoms with van der Waals surface area (Å²) in [6.45, 7) is 1.96. The molecule has 0 aliphatic carbocycles. The second kappa shape index (κ2) is 7.94. The zero-order valence-corrected chi connectivity index (χ0v) is 16.2. The van der Waals surface area contributed by atoms with E-state index in [1.165, 1.54) is 0 Å². The molecule has 0 saturated carbocycles. The van der Waals surface area contributed by atoms with Gasteiger partial charge in [0.1, 0.15) is 12.3 Å². The van der Waals surface area contributed by atoms with Crippen LogP contribution < -0.4 is 10.2 Å². The van der Waals surface area contributed by atoms with Gasteiger partial charge in [0.2, 0.25) is 11.8 Å². The number of nitrogens with zero attached hydrogens (tertiary/aromatic N) is 1. The zero-order chi connectivity index (χ0) is 19.5. The summed E-state index contributed by atoms with van der Waals surface area (Å²) in [6, 6.07) is 19.0. The predicted octanol–water partition coefficient (Wildman–Crippen LogP) is 4.80. The van der Waals surface area contributed by atoms with Crippen LogP contribution in [0.2, 0.25) is 0 Å². The van der Waals surface area contributed by atoms with Gasteiger partial charge in [-0.15, -0.1) is 11.8 Å². The molecule has 5 nitrogen and oxygen atoms in total. The van der Waals surface area contributed by atoms with Gasteiger partial charge < -0.3 is 14.6 Å². The molecule has 0 radical (unpaired) electrons. The first-order valence-corrected chi connectivity index (χ1v) is 9.94. The van der Waals surface area contributed by atoms with Gasteiger partial charge in [-0.1, -0.05) is 29.8 Å². The highest BCUT2D eigenvalue weighted by atomic mass is 32.2. The number of benzene rings is 2. The number of furan rings is 1. The van der Waals surface area contributed by atoms with E-state index in [-0.39, 0.29) is 30.0 Å². The molecular weight excluding hydrogens is 372 g/mol. The molecule has 1 unspecified atom stereocenters. The highest BCUT2D eigenvalue weighted by Gasteiger charge is 2.31. The van der Waals surface area contributed by atoms with E-state index in [9.17, 15) is 9.59 Å². The summed E-state index contributed by atoms with van der Waals surface area (Å²) < 4.78 is 5.53. The highest BCUT2D eigenvalue weighted by Crippen LogP contribution is 2.45. The quantitative estimate of drug-likeness (QED) is 0.693. The summed E-state index contributed by atoms with van der Waals surface area (Å²) in [5.74, 6) is 0.436. The lowest BCUT2D eigenvalue weighted by Gasteiger charge is -2.22. The van der Waals surface area contributed by atoms with Crippen LogP contribution in [0.15, 0.2) is 76.2 Å². The minimum absolute atomic E-state index is 0.0326. The smallest absolute Gasteiger partial charge is 0.244 e. The molecule has 1 aliphatic rings. The van der Waals surface area contributed by atoms with Crippen LogP contribution in [0.25, 0.3) is 0 Å². The third kappa shape index (κ3) is 3.97. The second-order valence-corrected chi connectivity index (χ2v) is 7.93. The largest absolute Gasteiger partial charge is 0.468 e. The standard InChI is InChI=1S/C22H20N2O3S/c1-15-8-10-16(11-9-15)23-21(25)14-24-17-5-2-3-7-19(17)28-20(13-22(24)26)18-6-4-12-27-18/h2-12,20H,13-14H2,1H3,(H,23,25). The number of nitrogens with one attached hydrogen (secondary N) is 1. The molecule has 6 heteroatoms. The minimum Gasteiger partial charge on any atom is -0.468 e. The summed E-state index contributed by atoms with van der Waals surface area (Å²) >= 11 is 1.59. The third-order valence-corrected chi connectivity index (χ3v) is 5.87. The Morgan fingerprint density at radius 3 is 2.68 bits per heavy atom. The molecule has 4 rings (SSSR count). The molecule has 1 aromatic heterocycles. The van der Waals surface area contributed by atoms with Gasteiger partial charge >= 0.3 is 0 Å². The SMILES string of the molecule is Cc1ccc(NC(=O)CN2C(=O)CC(c3ccco3)Sc3ccccc32)cc1. The van der Waals surface area contributed by atoms with Gasteiger partial charge in [-0.2, -0.15) is 0 Å². The topological polar surface area (TPSA) is 62.6 Å². The molecule has 0 fully saturated rings. The molecule has 1 atom stereocenters. The van der Waals surface area contributed by atoms with E-state index in [1.54, 1.807) is 22.9 Å². The molecule has 1 N–H and O–H groups in total. The Labute approximate surface area is 167 Å². The minimum atomic E-state index is -0.228. The summed E-state index contributed by atoms with van der Waals surface area (Å²) in [5, 5.41) is 2.75. The Kier molecular flexibility index (Phi) is 5.21. The van der Waals surface area contributed by atoms with Crippen molar-refractivity contribution in [1.82, 2.24) is 0 Å². The molecular formula is C22H20N2O3S. The summed E-state index contributed by atoms with van der Waals surface area (Å²) in [4.78, 5) is 28.1. The molecule has 0 bridgehead atoms. The fourth-order valence-corrected chi connectivity index (χ4v) is 4.40. The number of carbonyl (C=O) groups is 2. The number of para-hydroxylation sites is 1. The van der Waals surface area contributed by atoms with Crippen LogP contribution in [0.3, 0.4) is 0 Å². The number of amides is 2. The Morgan fingerprint density at radius 1 is 1.14 bits per heavy atom. The van der Waals surface area contributed by atoms with Crippen LogP contribution in [-0.2, 0) is 9.59 Å². The van der Waals surface area contributed by atoms with Crippen LogP contribution in [0.1, 0.15) is 23.0 Å². The van der Waals surface area contributed by atoms with Gasteiger partial charge in [0.25, 0.3) is 0 Å². The van der Waals surface area contributed by atoms with Gasteiger partial charge in [-0.05, 0) is 43.3 Å². The molecule has 2 heterocycles. The monoisotopic (exact) mass is 392 g/mol. The maximum Gasteiger partial charge on any atom is 0.244 e. The van der Waals surface area contributed by atoms with Gasteiger partial charge in [0.05, 0.1) is 17.2 Å². The summed E-state index contributed by atoms with van der Waals surface area (Å²) in [7, 11) is 0. The molecule has 1 aliphatic heterocycles. The number of anilines is 2. The van der Waals surface area contributed by atoms with E-state index in [0.29, 0.717) is 5.69 Å².